The quantitative estimate of drug-likeness (QED) is 0.364. The van der Waals surface area contributed by atoms with Crippen LogP contribution in [-0.4, -0.2) is 33.4 Å². The van der Waals surface area contributed by atoms with E-state index < -0.39 is 9.52 Å². The van der Waals surface area contributed by atoms with Crippen molar-refractivity contribution in [3.05, 3.63) is 83.2 Å². The molecule has 4 aromatic rings. The highest BCUT2D eigenvalue weighted by molar-refractivity contribution is 6.55. The van der Waals surface area contributed by atoms with Crippen LogP contribution in [0, 0.1) is 5.82 Å². The van der Waals surface area contributed by atoms with Gasteiger partial charge in [-0.1, -0.05) is 18.7 Å². The molecule has 1 aliphatic heterocycles. The molecule has 2 heterocycles. The molecule has 0 saturated carbocycles. The molecule has 0 amide bonds. The second kappa shape index (κ2) is 7.63. The number of ether oxygens (including phenoxy) is 1. The molecule has 1 aliphatic rings. The summed E-state index contributed by atoms with van der Waals surface area (Å²) < 4.78 is 20.7. The highest BCUT2D eigenvalue weighted by atomic mass is 28.2. The summed E-state index contributed by atoms with van der Waals surface area (Å²) in [6, 6.07) is 18.6. The van der Waals surface area contributed by atoms with E-state index in [1.54, 1.807) is 12.1 Å². The molecule has 0 bridgehead atoms. The van der Waals surface area contributed by atoms with Crippen LogP contribution in [0.15, 0.2) is 65.7 Å². The third-order valence-corrected chi connectivity index (χ3v) is 7.17. The Hall–Kier alpha value is -3.51. The molecule has 1 aromatic heterocycles. The molecular formula is C25H21FN2O2Si. The summed E-state index contributed by atoms with van der Waals surface area (Å²) >= 11 is 0. The molecule has 0 fully saturated rings. The molecule has 0 unspecified atom stereocenters. The maximum atomic E-state index is 13.6. The van der Waals surface area contributed by atoms with Crippen molar-refractivity contribution in [3.63, 3.8) is 0 Å². The Morgan fingerprint density at radius 3 is 2.52 bits per heavy atom. The topological polar surface area (TPSA) is 43.6 Å². The number of carbonyl (C=O) groups is 1. The molecule has 31 heavy (non-hydrogen) atoms. The number of fused-ring (bicyclic) bond motifs is 2. The predicted molar refractivity (Wildman–Crippen MR) is 125 cm³/mol. The van der Waals surface area contributed by atoms with E-state index in [-0.39, 0.29) is 11.8 Å². The van der Waals surface area contributed by atoms with Gasteiger partial charge in [-0.25, -0.2) is 9.18 Å². The molecule has 0 N–H and O–H groups in total. The van der Waals surface area contributed by atoms with Crippen LogP contribution in [0.5, 0.6) is 0 Å². The lowest BCUT2D eigenvalue weighted by atomic mass is 10.00. The lowest BCUT2D eigenvalue weighted by Gasteiger charge is -2.12. The zero-order valence-corrected chi connectivity index (χ0v) is 18.8. The van der Waals surface area contributed by atoms with E-state index >= 15 is 0 Å². The van der Waals surface area contributed by atoms with Crippen LogP contribution in [0.4, 0.5) is 4.39 Å². The molecular weight excluding hydrogens is 407 g/mol. The van der Waals surface area contributed by atoms with Gasteiger partial charge in [-0.2, -0.15) is 0 Å². The normalized spacial score (nSPS) is 12.7. The predicted octanol–water partition coefficient (Wildman–Crippen LogP) is 4.00. The molecule has 0 aliphatic carbocycles. The maximum Gasteiger partial charge on any atom is 0.337 e. The van der Waals surface area contributed by atoms with Gasteiger partial charge in [0.1, 0.15) is 5.82 Å². The van der Waals surface area contributed by atoms with Crippen molar-refractivity contribution in [2.24, 2.45) is 4.99 Å². The second-order valence-corrected chi connectivity index (χ2v) is 8.97. The molecule has 154 valence electrons. The highest BCUT2D eigenvalue weighted by Gasteiger charge is 2.21. The van der Waals surface area contributed by atoms with Gasteiger partial charge in [-0.05, 0) is 65.2 Å². The van der Waals surface area contributed by atoms with Crippen molar-refractivity contribution >= 4 is 37.9 Å². The van der Waals surface area contributed by atoms with Crippen LogP contribution in [0.1, 0.15) is 21.5 Å². The first kappa shape index (κ1) is 19.5. The molecule has 0 saturated heterocycles. The summed E-state index contributed by atoms with van der Waals surface area (Å²) in [5.74, 6) is -0.595. The van der Waals surface area contributed by atoms with Crippen LogP contribution in [0.2, 0.25) is 6.55 Å². The van der Waals surface area contributed by atoms with Gasteiger partial charge in [0, 0.05) is 28.2 Å². The van der Waals surface area contributed by atoms with Crippen LogP contribution in [-0.2, 0) is 11.3 Å². The van der Waals surface area contributed by atoms with Crippen molar-refractivity contribution in [2.45, 2.75) is 13.1 Å². The van der Waals surface area contributed by atoms with E-state index in [1.807, 2.05) is 30.5 Å². The van der Waals surface area contributed by atoms with Gasteiger partial charge in [0.05, 0.1) is 34.3 Å². The van der Waals surface area contributed by atoms with Crippen molar-refractivity contribution < 1.29 is 13.9 Å². The monoisotopic (exact) mass is 428 g/mol. The van der Waals surface area contributed by atoms with Gasteiger partial charge in [-0.3, -0.25) is 4.99 Å². The minimum atomic E-state index is -0.622. The fourth-order valence-corrected chi connectivity index (χ4v) is 5.80. The van der Waals surface area contributed by atoms with Crippen LogP contribution >= 0.6 is 0 Å². The van der Waals surface area contributed by atoms with E-state index in [2.05, 4.69) is 28.2 Å². The summed E-state index contributed by atoms with van der Waals surface area (Å²) in [7, 11) is 0.763. The largest absolute Gasteiger partial charge is 0.465 e. The number of carbonyl (C=O) groups excluding carboxylic acids is 1. The number of methoxy groups -OCH3 is 1. The third kappa shape index (κ3) is 3.20. The standard InChI is InChI=1S/C25H21FN2O2Si/c1-30-25(29)16-5-3-15(4-6-16)23-21-11-17-13-27-14-18(17)12-22(21)28(24(23)31-2)20-9-7-19(26)8-10-20/h3-12,14H,13,31H2,1-2H3. The Bertz CT molecular complexity index is 1340. The van der Waals surface area contributed by atoms with Gasteiger partial charge in [-0.15, -0.1) is 0 Å². The first-order valence-electron chi connectivity index (χ1n) is 10.3. The number of hydrogen-bond donors (Lipinski definition) is 0. The van der Waals surface area contributed by atoms with Crippen molar-refractivity contribution in [3.8, 4) is 16.8 Å². The molecule has 4 nitrogen and oxygen atoms in total. The van der Waals surface area contributed by atoms with Gasteiger partial charge in [0.25, 0.3) is 0 Å². The molecule has 0 atom stereocenters. The molecule has 3 aromatic carbocycles. The summed E-state index contributed by atoms with van der Waals surface area (Å²) in [5.41, 5.74) is 7.14. The summed E-state index contributed by atoms with van der Waals surface area (Å²) in [4.78, 5) is 16.3. The van der Waals surface area contributed by atoms with E-state index in [4.69, 9.17) is 4.74 Å². The van der Waals surface area contributed by atoms with Crippen molar-refractivity contribution in [1.29, 1.82) is 0 Å². The van der Waals surface area contributed by atoms with Gasteiger partial charge in [0.15, 0.2) is 0 Å². The first-order valence-corrected chi connectivity index (χ1v) is 12.4. The molecule has 0 spiro atoms. The maximum absolute atomic E-state index is 13.6. The number of nitrogens with zero attached hydrogens (tertiary/aromatic N) is 2. The average molecular weight is 429 g/mol. The number of rotatable bonds is 4. The van der Waals surface area contributed by atoms with Crippen LogP contribution < -0.4 is 5.32 Å². The highest BCUT2D eigenvalue weighted by Crippen LogP contribution is 2.34. The Kier molecular flexibility index (Phi) is 4.79. The summed E-state index contributed by atoms with van der Waals surface area (Å²) in [6.45, 7) is 2.95. The van der Waals surface area contributed by atoms with E-state index in [9.17, 15) is 9.18 Å². The Labute approximate surface area is 181 Å². The molecule has 6 heteroatoms. The number of aliphatic imine (C=N–C) groups is 1. The van der Waals surface area contributed by atoms with Crippen LogP contribution in [0.3, 0.4) is 0 Å². The lowest BCUT2D eigenvalue weighted by molar-refractivity contribution is 0.0601. The number of halogens is 1. The van der Waals surface area contributed by atoms with E-state index in [0.717, 1.165) is 27.7 Å². The number of benzene rings is 3. The van der Waals surface area contributed by atoms with Gasteiger partial charge >= 0.3 is 5.97 Å². The Morgan fingerprint density at radius 2 is 1.84 bits per heavy atom. The van der Waals surface area contributed by atoms with Gasteiger partial charge < -0.3 is 9.30 Å². The van der Waals surface area contributed by atoms with E-state index in [1.165, 1.54) is 35.7 Å². The number of aromatic nitrogens is 1. The van der Waals surface area contributed by atoms with Crippen molar-refractivity contribution in [2.75, 3.05) is 7.11 Å². The van der Waals surface area contributed by atoms with Crippen molar-refractivity contribution in [1.82, 2.24) is 4.57 Å². The third-order valence-electron chi connectivity index (χ3n) is 5.83. The first-order chi connectivity index (χ1) is 15.1. The second-order valence-electron chi connectivity index (χ2n) is 7.59. The average Bonchev–Trinajstić information content (AvgIpc) is 3.39. The number of hydrogen-bond acceptors (Lipinski definition) is 3. The molecule has 5 rings (SSSR count). The van der Waals surface area contributed by atoms with E-state index in [0.29, 0.717) is 12.1 Å². The smallest absolute Gasteiger partial charge is 0.337 e. The molecule has 0 radical (unpaired) electrons. The minimum absolute atomic E-state index is 0.248. The Balaban J connectivity index is 1.80. The summed E-state index contributed by atoms with van der Waals surface area (Å²) in [5, 5.41) is 2.43. The lowest BCUT2D eigenvalue weighted by Crippen LogP contribution is -2.23. The zero-order chi connectivity index (χ0) is 21.5. The summed E-state index contributed by atoms with van der Waals surface area (Å²) in [6.07, 6.45) is 1.92. The van der Waals surface area contributed by atoms with Crippen LogP contribution in [0.25, 0.3) is 27.7 Å². The fraction of sp³-hybridized carbons (Fsp3) is 0.120. The zero-order valence-electron chi connectivity index (χ0n) is 17.4. The Morgan fingerprint density at radius 1 is 1.10 bits per heavy atom. The number of esters is 1. The fourth-order valence-electron chi connectivity index (χ4n) is 4.38. The minimum Gasteiger partial charge on any atom is -0.465 e. The SMILES string of the molecule is COC(=O)c1ccc(-c2c([SiH2]C)n(-c3ccc(F)cc3)c3cc4c(cc23)CN=C4)cc1. The van der Waals surface area contributed by atoms with Gasteiger partial charge in [0.2, 0.25) is 0 Å².